The Morgan fingerprint density at radius 3 is 1.87 bits per heavy atom. The van der Waals surface area contributed by atoms with Gasteiger partial charge in [-0.15, -0.1) is 0 Å². The molecule has 0 aliphatic heterocycles. The van der Waals surface area contributed by atoms with E-state index in [0.717, 1.165) is 5.56 Å². The average molecular weight is 234 g/mol. The maximum absolute atomic E-state index is 8.74. The summed E-state index contributed by atoms with van der Waals surface area (Å²) in [4.78, 5) is 0. The zero-order valence-corrected chi connectivity index (χ0v) is 9.25. The molecule has 0 radical (unpaired) electrons. The van der Waals surface area contributed by atoms with Crippen LogP contribution in [-0.2, 0) is 10.4 Å². The van der Waals surface area contributed by atoms with E-state index in [1.165, 1.54) is 5.56 Å². The molecule has 1 rings (SSSR count). The molecule has 1 aromatic carbocycles. The Hall–Kier alpha value is -1.31. The lowest BCUT2D eigenvalue weighted by molar-refractivity contribution is 0.381. The standard InChI is InChI=1S/C8H12N2.H2O4S/c1-5-3-4-7(9)8(10)6(5)2;1-5(2,3)4/h3-4H,9-10H2,1-2H3;(H2,1,2,3,4). The van der Waals surface area contributed by atoms with Gasteiger partial charge in [-0.2, -0.15) is 8.42 Å². The van der Waals surface area contributed by atoms with Crippen LogP contribution in [0.5, 0.6) is 0 Å². The molecule has 0 atom stereocenters. The number of rotatable bonds is 0. The Labute approximate surface area is 88.5 Å². The number of hydrogen-bond acceptors (Lipinski definition) is 4. The van der Waals surface area contributed by atoms with E-state index in [1.54, 1.807) is 0 Å². The summed E-state index contributed by atoms with van der Waals surface area (Å²) in [5.41, 5.74) is 14.9. The lowest BCUT2D eigenvalue weighted by Gasteiger charge is -2.05. The molecule has 0 saturated carbocycles. The topological polar surface area (TPSA) is 127 Å². The summed E-state index contributed by atoms with van der Waals surface area (Å²) >= 11 is 0. The van der Waals surface area contributed by atoms with Gasteiger partial charge in [0.15, 0.2) is 0 Å². The van der Waals surface area contributed by atoms with Gasteiger partial charge in [-0.3, -0.25) is 9.11 Å². The molecule has 15 heavy (non-hydrogen) atoms. The highest BCUT2D eigenvalue weighted by Crippen LogP contribution is 2.21. The summed E-state index contributed by atoms with van der Waals surface area (Å²) in [6, 6.07) is 3.80. The van der Waals surface area contributed by atoms with Crippen LogP contribution in [0.2, 0.25) is 0 Å². The molecule has 6 nitrogen and oxygen atoms in total. The summed E-state index contributed by atoms with van der Waals surface area (Å²) < 4.78 is 31.6. The quantitative estimate of drug-likeness (QED) is 0.388. The van der Waals surface area contributed by atoms with Crippen molar-refractivity contribution in [2.45, 2.75) is 13.8 Å². The maximum Gasteiger partial charge on any atom is 0.394 e. The molecule has 0 bridgehead atoms. The van der Waals surface area contributed by atoms with Crippen molar-refractivity contribution < 1.29 is 17.5 Å². The highest BCUT2D eigenvalue weighted by molar-refractivity contribution is 7.79. The molecule has 86 valence electrons. The second-order valence-electron chi connectivity index (χ2n) is 2.96. The molecule has 0 aliphatic rings. The van der Waals surface area contributed by atoms with E-state index in [4.69, 9.17) is 29.0 Å². The van der Waals surface area contributed by atoms with Crippen LogP contribution in [0.15, 0.2) is 12.1 Å². The first kappa shape index (κ1) is 13.7. The minimum atomic E-state index is -4.67. The van der Waals surface area contributed by atoms with Gasteiger partial charge in [-0.25, -0.2) is 0 Å². The van der Waals surface area contributed by atoms with Crippen molar-refractivity contribution in [3.05, 3.63) is 23.3 Å². The Balaban J connectivity index is 0.000000336. The molecule has 0 fully saturated rings. The van der Waals surface area contributed by atoms with Crippen LogP contribution in [0.3, 0.4) is 0 Å². The smallest absolute Gasteiger partial charge is 0.394 e. The third-order valence-electron chi connectivity index (χ3n) is 1.82. The molecular weight excluding hydrogens is 220 g/mol. The molecule has 0 unspecified atom stereocenters. The van der Waals surface area contributed by atoms with Gasteiger partial charge in [-0.05, 0) is 31.0 Å². The summed E-state index contributed by atoms with van der Waals surface area (Å²) in [5, 5.41) is 0. The fourth-order valence-corrected chi connectivity index (χ4v) is 0.858. The van der Waals surface area contributed by atoms with E-state index in [9.17, 15) is 0 Å². The van der Waals surface area contributed by atoms with Crippen molar-refractivity contribution in [1.82, 2.24) is 0 Å². The minimum Gasteiger partial charge on any atom is -0.397 e. The van der Waals surface area contributed by atoms with E-state index in [-0.39, 0.29) is 0 Å². The molecule has 1 aromatic rings. The molecule has 0 aliphatic carbocycles. The predicted octanol–water partition coefficient (Wildman–Crippen LogP) is 0.815. The summed E-state index contributed by atoms with van der Waals surface area (Å²) in [6.45, 7) is 3.99. The number of anilines is 2. The Morgan fingerprint density at radius 1 is 1.13 bits per heavy atom. The van der Waals surface area contributed by atoms with Crippen LogP contribution < -0.4 is 11.5 Å². The third kappa shape index (κ3) is 5.89. The van der Waals surface area contributed by atoms with E-state index in [0.29, 0.717) is 11.4 Å². The van der Waals surface area contributed by atoms with E-state index >= 15 is 0 Å². The minimum absolute atomic E-state index is 0.670. The van der Waals surface area contributed by atoms with Gasteiger partial charge in [0, 0.05) is 0 Å². The van der Waals surface area contributed by atoms with Gasteiger partial charge in [0.25, 0.3) is 0 Å². The lowest BCUT2D eigenvalue weighted by atomic mass is 10.1. The van der Waals surface area contributed by atoms with Crippen LogP contribution >= 0.6 is 0 Å². The van der Waals surface area contributed by atoms with Gasteiger partial charge in [-0.1, -0.05) is 6.07 Å². The second kappa shape index (κ2) is 4.96. The van der Waals surface area contributed by atoms with E-state index in [1.807, 2.05) is 26.0 Å². The van der Waals surface area contributed by atoms with Crippen molar-refractivity contribution in [3.63, 3.8) is 0 Å². The van der Waals surface area contributed by atoms with Gasteiger partial charge in [0.1, 0.15) is 0 Å². The summed E-state index contributed by atoms with van der Waals surface area (Å²) in [7, 11) is -4.67. The average Bonchev–Trinajstić information content (AvgIpc) is 2.05. The van der Waals surface area contributed by atoms with Crippen molar-refractivity contribution >= 4 is 21.8 Å². The molecule has 0 aromatic heterocycles. The summed E-state index contributed by atoms with van der Waals surface area (Å²) in [6.07, 6.45) is 0. The van der Waals surface area contributed by atoms with Crippen molar-refractivity contribution in [2.75, 3.05) is 11.5 Å². The van der Waals surface area contributed by atoms with E-state index in [2.05, 4.69) is 0 Å². The number of aryl methyl sites for hydroxylation is 1. The molecule has 6 N–H and O–H groups in total. The highest BCUT2D eigenvalue weighted by atomic mass is 32.3. The first-order valence-corrected chi connectivity index (χ1v) is 5.33. The molecule has 0 saturated heterocycles. The first-order chi connectivity index (χ1) is 6.63. The fraction of sp³-hybridized carbons (Fsp3) is 0.250. The first-order valence-electron chi connectivity index (χ1n) is 3.94. The van der Waals surface area contributed by atoms with Crippen molar-refractivity contribution in [1.29, 1.82) is 0 Å². The zero-order chi connectivity index (χ0) is 12.2. The molecule has 7 heteroatoms. The monoisotopic (exact) mass is 234 g/mol. The van der Waals surface area contributed by atoms with Crippen LogP contribution in [0, 0.1) is 13.8 Å². The van der Waals surface area contributed by atoms with Crippen LogP contribution in [0.4, 0.5) is 11.4 Å². The largest absolute Gasteiger partial charge is 0.397 e. The van der Waals surface area contributed by atoms with Crippen LogP contribution in [0.25, 0.3) is 0 Å². The summed E-state index contributed by atoms with van der Waals surface area (Å²) in [5.74, 6) is 0. The zero-order valence-electron chi connectivity index (χ0n) is 8.43. The van der Waals surface area contributed by atoms with Gasteiger partial charge in [0.05, 0.1) is 11.4 Å². The van der Waals surface area contributed by atoms with Gasteiger partial charge >= 0.3 is 10.4 Å². The molecule has 0 amide bonds. The van der Waals surface area contributed by atoms with E-state index < -0.39 is 10.4 Å². The second-order valence-corrected chi connectivity index (χ2v) is 3.85. The van der Waals surface area contributed by atoms with Crippen LogP contribution in [-0.4, -0.2) is 17.5 Å². The Kier molecular flexibility index (Phi) is 4.53. The normalized spacial score (nSPS) is 10.4. The highest BCUT2D eigenvalue weighted by Gasteiger charge is 1.99. The Morgan fingerprint density at radius 2 is 1.53 bits per heavy atom. The SMILES string of the molecule is Cc1ccc(N)c(N)c1C.O=S(=O)(O)O. The Bertz CT molecular complexity index is 407. The number of nitrogen functional groups attached to an aromatic ring is 2. The third-order valence-corrected chi connectivity index (χ3v) is 1.82. The van der Waals surface area contributed by atoms with Gasteiger partial charge in [0.2, 0.25) is 0 Å². The van der Waals surface area contributed by atoms with Gasteiger partial charge < -0.3 is 11.5 Å². The number of hydrogen-bond donors (Lipinski definition) is 4. The maximum atomic E-state index is 8.74. The van der Waals surface area contributed by atoms with Crippen molar-refractivity contribution in [3.8, 4) is 0 Å². The molecule has 0 heterocycles. The van der Waals surface area contributed by atoms with Crippen LogP contribution in [0.1, 0.15) is 11.1 Å². The van der Waals surface area contributed by atoms with Crippen molar-refractivity contribution in [2.24, 2.45) is 0 Å². The number of benzene rings is 1. The fourth-order valence-electron chi connectivity index (χ4n) is 0.858. The molecule has 0 spiro atoms. The molecular formula is C8H14N2O4S. The lowest BCUT2D eigenvalue weighted by Crippen LogP contribution is -1.98. The predicted molar refractivity (Wildman–Crippen MR) is 58.9 cm³/mol. The number of nitrogens with two attached hydrogens (primary N) is 2.